The molecule has 0 radical (unpaired) electrons. The van der Waals surface area contributed by atoms with Gasteiger partial charge in [-0.15, -0.1) is 0 Å². The van der Waals surface area contributed by atoms with Crippen molar-refractivity contribution >= 4 is 11.7 Å². The van der Waals surface area contributed by atoms with Gasteiger partial charge in [-0.05, 0) is 43.4 Å². The van der Waals surface area contributed by atoms with Crippen molar-refractivity contribution in [1.82, 2.24) is 10.2 Å². The molecule has 2 heterocycles. The van der Waals surface area contributed by atoms with E-state index in [2.05, 4.69) is 45.9 Å². The summed E-state index contributed by atoms with van der Waals surface area (Å²) in [5.41, 5.74) is 2.22. The van der Waals surface area contributed by atoms with E-state index in [1.54, 1.807) is 0 Å². The molecule has 2 fully saturated rings. The number of benzene rings is 2. The Morgan fingerprint density at radius 1 is 0.920 bits per heavy atom. The van der Waals surface area contributed by atoms with Gasteiger partial charge in [0, 0.05) is 30.4 Å². The van der Waals surface area contributed by atoms with E-state index in [0.29, 0.717) is 12.1 Å². The third-order valence-electron chi connectivity index (χ3n) is 5.46. The number of hydrogen-bond acceptors (Lipinski definition) is 2. The smallest absolute Gasteiger partial charge is 0.319 e. The van der Waals surface area contributed by atoms with Crippen LogP contribution in [0.4, 0.5) is 10.5 Å². The van der Waals surface area contributed by atoms with E-state index in [0.717, 1.165) is 25.1 Å². The molecule has 2 saturated heterocycles. The van der Waals surface area contributed by atoms with Gasteiger partial charge in [0.2, 0.25) is 0 Å². The molecular weight excluding hydrogens is 310 g/mol. The maximum atomic E-state index is 12.3. The van der Waals surface area contributed by atoms with Gasteiger partial charge < -0.3 is 10.6 Å². The molecule has 2 atom stereocenters. The van der Waals surface area contributed by atoms with E-state index in [-0.39, 0.29) is 12.1 Å². The number of carbonyl (C=O) groups excluding carboxylic acids is 1. The molecule has 0 spiro atoms. The molecular formula is C21H25N3O. The summed E-state index contributed by atoms with van der Waals surface area (Å²) in [6.07, 6.45) is 4.59. The zero-order chi connectivity index (χ0) is 17.1. The molecule has 0 aliphatic carbocycles. The number of para-hydroxylation sites is 1. The van der Waals surface area contributed by atoms with Gasteiger partial charge in [-0.1, -0.05) is 48.5 Å². The molecule has 0 saturated carbocycles. The highest BCUT2D eigenvalue weighted by atomic mass is 16.2. The van der Waals surface area contributed by atoms with E-state index in [4.69, 9.17) is 0 Å². The second kappa shape index (κ2) is 7.28. The summed E-state index contributed by atoms with van der Waals surface area (Å²) in [4.78, 5) is 14.9. The topological polar surface area (TPSA) is 44.4 Å². The van der Waals surface area contributed by atoms with Crippen LogP contribution >= 0.6 is 0 Å². The van der Waals surface area contributed by atoms with Gasteiger partial charge in [-0.2, -0.15) is 0 Å². The van der Waals surface area contributed by atoms with Gasteiger partial charge in [-0.3, -0.25) is 4.90 Å². The maximum Gasteiger partial charge on any atom is 0.319 e. The quantitative estimate of drug-likeness (QED) is 0.887. The van der Waals surface area contributed by atoms with E-state index < -0.39 is 0 Å². The molecule has 0 aromatic heterocycles. The number of amides is 2. The highest BCUT2D eigenvalue weighted by Crippen LogP contribution is 2.36. The summed E-state index contributed by atoms with van der Waals surface area (Å²) in [6.45, 7) is 1.03. The fraction of sp³-hybridized carbons (Fsp3) is 0.381. The summed E-state index contributed by atoms with van der Waals surface area (Å²) in [6, 6.07) is 21.7. The van der Waals surface area contributed by atoms with Crippen LogP contribution in [0.15, 0.2) is 60.7 Å². The molecule has 2 aliphatic rings. The Balaban J connectivity index is 1.33. The monoisotopic (exact) mass is 335 g/mol. The summed E-state index contributed by atoms with van der Waals surface area (Å²) >= 11 is 0. The van der Waals surface area contributed by atoms with Crippen LogP contribution in [0.2, 0.25) is 0 Å². The molecule has 2 aromatic carbocycles. The lowest BCUT2D eigenvalue weighted by Gasteiger charge is -2.39. The van der Waals surface area contributed by atoms with Gasteiger partial charge in [0.1, 0.15) is 0 Å². The Labute approximate surface area is 149 Å². The number of nitrogens with one attached hydrogen (secondary N) is 2. The van der Waals surface area contributed by atoms with Crippen molar-refractivity contribution < 1.29 is 4.79 Å². The van der Waals surface area contributed by atoms with Crippen molar-refractivity contribution in [2.75, 3.05) is 5.32 Å². The molecule has 4 rings (SSSR count). The van der Waals surface area contributed by atoms with E-state index >= 15 is 0 Å². The first-order valence-electron chi connectivity index (χ1n) is 9.20. The minimum absolute atomic E-state index is 0.0906. The minimum atomic E-state index is -0.0906. The molecule has 130 valence electrons. The van der Waals surface area contributed by atoms with Crippen molar-refractivity contribution in [3.05, 3.63) is 66.2 Å². The van der Waals surface area contributed by atoms with Gasteiger partial charge in [0.15, 0.2) is 0 Å². The molecule has 2 aliphatic heterocycles. The molecule has 2 bridgehead atoms. The van der Waals surface area contributed by atoms with Crippen molar-refractivity contribution in [2.45, 2.75) is 50.4 Å². The lowest BCUT2D eigenvalue weighted by Crippen LogP contribution is -2.50. The second-order valence-corrected chi connectivity index (χ2v) is 7.18. The van der Waals surface area contributed by atoms with Gasteiger partial charge >= 0.3 is 6.03 Å². The Morgan fingerprint density at radius 2 is 1.52 bits per heavy atom. The van der Waals surface area contributed by atoms with Crippen molar-refractivity contribution in [1.29, 1.82) is 0 Å². The summed E-state index contributed by atoms with van der Waals surface area (Å²) in [5, 5.41) is 6.10. The summed E-state index contributed by atoms with van der Waals surface area (Å²) in [5.74, 6) is 0. The molecule has 2 amide bonds. The van der Waals surface area contributed by atoms with Crippen LogP contribution in [0.25, 0.3) is 0 Å². The third-order valence-corrected chi connectivity index (χ3v) is 5.46. The summed E-state index contributed by atoms with van der Waals surface area (Å²) in [7, 11) is 0. The highest BCUT2D eigenvalue weighted by Gasteiger charge is 2.40. The first-order valence-corrected chi connectivity index (χ1v) is 9.20. The van der Waals surface area contributed by atoms with Crippen LogP contribution in [-0.4, -0.2) is 29.1 Å². The minimum Gasteiger partial charge on any atom is -0.335 e. The number of fused-ring (bicyclic) bond motifs is 2. The van der Waals surface area contributed by atoms with Crippen molar-refractivity contribution in [3.8, 4) is 0 Å². The Kier molecular flexibility index (Phi) is 4.70. The second-order valence-electron chi connectivity index (χ2n) is 7.18. The Hall–Kier alpha value is -2.33. The normalized spacial score (nSPS) is 25.5. The predicted molar refractivity (Wildman–Crippen MR) is 100 cm³/mol. The van der Waals surface area contributed by atoms with E-state index in [1.807, 2.05) is 30.3 Å². The van der Waals surface area contributed by atoms with Crippen LogP contribution in [0.3, 0.4) is 0 Å². The van der Waals surface area contributed by atoms with Crippen LogP contribution in [0, 0.1) is 0 Å². The SMILES string of the molecule is O=C(Nc1ccccc1)NC1C[C@H]2CC[C@H](C1)N2Cc1ccccc1. The van der Waals surface area contributed by atoms with Crippen LogP contribution in [0.5, 0.6) is 0 Å². The van der Waals surface area contributed by atoms with E-state index in [1.165, 1.54) is 18.4 Å². The lowest BCUT2D eigenvalue weighted by molar-refractivity contribution is 0.112. The number of urea groups is 1. The van der Waals surface area contributed by atoms with Crippen molar-refractivity contribution in [2.24, 2.45) is 0 Å². The molecule has 4 nitrogen and oxygen atoms in total. The molecule has 4 heteroatoms. The molecule has 2 aromatic rings. The number of anilines is 1. The number of rotatable bonds is 4. The first-order chi connectivity index (χ1) is 12.3. The average molecular weight is 335 g/mol. The largest absolute Gasteiger partial charge is 0.335 e. The number of carbonyl (C=O) groups is 1. The van der Waals surface area contributed by atoms with Crippen LogP contribution in [0.1, 0.15) is 31.2 Å². The number of hydrogen-bond donors (Lipinski definition) is 2. The zero-order valence-corrected chi connectivity index (χ0v) is 14.4. The van der Waals surface area contributed by atoms with Gasteiger partial charge in [0.05, 0.1) is 0 Å². The van der Waals surface area contributed by atoms with E-state index in [9.17, 15) is 4.79 Å². The van der Waals surface area contributed by atoms with Gasteiger partial charge in [0.25, 0.3) is 0 Å². The Morgan fingerprint density at radius 3 is 2.16 bits per heavy atom. The maximum absolute atomic E-state index is 12.3. The zero-order valence-electron chi connectivity index (χ0n) is 14.4. The molecule has 2 N–H and O–H groups in total. The molecule has 0 unspecified atom stereocenters. The first kappa shape index (κ1) is 16.2. The average Bonchev–Trinajstić information content (AvgIpc) is 2.86. The fourth-order valence-corrected chi connectivity index (χ4v) is 4.32. The molecule has 25 heavy (non-hydrogen) atoms. The Bertz CT molecular complexity index is 690. The number of nitrogens with zero attached hydrogens (tertiary/aromatic N) is 1. The number of piperidine rings is 1. The van der Waals surface area contributed by atoms with Crippen molar-refractivity contribution in [3.63, 3.8) is 0 Å². The van der Waals surface area contributed by atoms with Crippen LogP contribution in [-0.2, 0) is 6.54 Å². The fourth-order valence-electron chi connectivity index (χ4n) is 4.32. The standard InChI is InChI=1S/C21H25N3O/c25-21(22-17-9-5-2-6-10-17)23-18-13-19-11-12-20(14-18)24(19)15-16-7-3-1-4-8-16/h1-10,18-20H,11-15H2,(H2,22,23,25)/t19-,20-/m1/s1. The summed E-state index contributed by atoms with van der Waals surface area (Å²) < 4.78 is 0. The van der Waals surface area contributed by atoms with Crippen LogP contribution < -0.4 is 10.6 Å². The predicted octanol–water partition coefficient (Wildman–Crippen LogP) is 4.00. The van der Waals surface area contributed by atoms with Gasteiger partial charge in [-0.25, -0.2) is 4.79 Å². The lowest BCUT2D eigenvalue weighted by atomic mass is 9.96. The highest BCUT2D eigenvalue weighted by molar-refractivity contribution is 5.89. The third kappa shape index (κ3) is 3.85.